The van der Waals surface area contributed by atoms with Gasteiger partial charge in [-0.3, -0.25) is 9.69 Å². The highest BCUT2D eigenvalue weighted by atomic mass is 32.1. The first-order valence-corrected chi connectivity index (χ1v) is 8.59. The van der Waals surface area contributed by atoms with Crippen molar-refractivity contribution in [1.82, 2.24) is 4.90 Å². The zero-order valence-corrected chi connectivity index (χ0v) is 14.2. The van der Waals surface area contributed by atoms with Gasteiger partial charge in [-0.25, -0.2) is 0 Å². The second-order valence-electron chi connectivity index (χ2n) is 5.76. The fourth-order valence-electron chi connectivity index (χ4n) is 2.81. The number of hydrogen-bond donors (Lipinski definition) is 1. The van der Waals surface area contributed by atoms with Crippen molar-refractivity contribution in [3.8, 4) is 6.07 Å². The van der Waals surface area contributed by atoms with E-state index in [1.165, 1.54) is 16.2 Å². The van der Waals surface area contributed by atoms with E-state index in [1.807, 2.05) is 31.2 Å². The van der Waals surface area contributed by atoms with Crippen molar-refractivity contribution >= 4 is 22.2 Å². The van der Waals surface area contributed by atoms with E-state index < -0.39 is 0 Å². The Hall–Kier alpha value is -2.16. The predicted molar refractivity (Wildman–Crippen MR) is 92.8 cm³/mol. The molecule has 1 aromatic heterocycles. The van der Waals surface area contributed by atoms with Gasteiger partial charge in [0.15, 0.2) is 0 Å². The third kappa shape index (κ3) is 3.14. The Morgan fingerprint density at radius 2 is 2.13 bits per heavy atom. The predicted octanol–water partition coefficient (Wildman–Crippen LogP) is 3.56. The number of anilines is 1. The molecule has 4 nitrogen and oxygen atoms in total. The molecule has 0 radical (unpaired) electrons. The SMILES string of the molecule is CCN1CCc2c(sc(NC(=O)c3ccc(C)cc3)c2C#N)C1. The Labute approximate surface area is 140 Å². The number of carbonyl (C=O) groups is 1. The number of fused-ring (bicyclic) bond motifs is 1. The second-order valence-corrected chi connectivity index (χ2v) is 6.86. The van der Waals surface area contributed by atoms with Gasteiger partial charge in [0, 0.05) is 23.5 Å². The van der Waals surface area contributed by atoms with Gasteiger partial charge >= 0.3 is 0 Å². The number of carbonyl (C=O) groups excluding carboxylic acids is 1. The summed E-state index contributed by atoms with van der Waals surface area (Å²) in [6, 6.07) is 9.73. The summed E-state index contributed by atoms with van der Waals surface area (Å²) in [6.07, 6.45) is 0.878. The molecule has 1 amide bonds. The minimum Gasteiger partial charge on any atom is -0.312 e. The van der Waals surface area contributed by atoms with Crippen molar-refractivity contribution in [3.63, 3.8) is 0 Å². The Morgan fingerprint density at radius 1 is 1.39 bits per heavy atom. The van der Waals surface area contributed by atoms with E-state index in [0.29, 0.717) is 16.1 Å². The summed E-state index contributed by atoms with van der Waals surface area (Å²) >= 11 is 1.54. The molecule has 0 fully saturated rings. The van der Waals surface area contributed by atoms with Crippen LogP contribution in [0.1, 0.15) is 38.8 Å². The van der Waals surface area contributed by atoms with Crippen molar-refractivity contribution in [1.29, 1.82) is 5.26 Å². The van der Waals surface area contributed by atoms with Crippen molar-refractivity contribution in [2.24, 2.45) is 0 Å². The van der Waals surface area contributed by atoms with Crippen LogP contribution in [-0.4, -0.2) is 23.9 Å². The van der Waals surface area contributed by atoms with Gasteiger partial charge in [-0.05, 0) is 37.6 Å². The van der Waals surface area contributed by atoms with Crippen molar-refractivity contribution in [3.05, 3.63) is 51.4 Å². The molecule has 3 rings (SSSR count). The highest BCUT2D eigenvalue weighted by Gasteiger charge is 2.24. The summed E-state index contributed by atoms with van der Waals surface area (Å²) in [6.45, 7) is 6.97. The van der Waals surface area contributed by atoms with Crippen LogP contribution in [0.3, 0.4) is 0 Å². The molecular formula is C18H19N3OS. The van der Waals surface area contributed by atoms with E-state index in [2.05, 4.69) is 23.2 Å². The summed E-state index contributed by atoms with van der Waals surface area (Å²) in [5.74, 6) is -0.160. The molecule has 0 bridgehead atoms. The first kappa shape index (κ1) is 15.7. The van der Waals surface area contributed by atoms with Crippen molar-refractivity contribution < 1.29 is 4.79 Å². The number of aryl methyl sites for hydroxylation is 1. The van der Waals surface area contributed by atoms with E-state index in [1.54, 1.807) is 0 Å². The summed E-state index contributed by atoms with van der Waals surface area (Å²) in [4.78, 5) is 16.0. The van der Waals surface area contributed by atoms with Crippen LogP contribution in [0.25, 0.3) is 0 Å². The average Bonchev–Trinajstić information content (AvgIpc) is 2.91. The molecule has 0 spiro atoms. The molecule has 1 aliphatic heterocycles. The fraction of sp³-hybridized carbons (Fsp3) is 0.333. The van der Waals surface area contributed by atoms with Gasteiger partial charge in [0.25, 0.3) is 5.91 Å². The normalized spacial score (nSPS) is 14.1. The van der Waals surface area contributed by atoms with Crippen molar-refractivity contribution in [2.45, 2.75) is 26.8 Å². The minimum absolute atomic E-state index is 0.160. The molecule has 0 saturated carbocycles. The second kappa shape index (κ2) is 6.53. The lowest BCUT2D eigenvalue weighted by atomic mass is 10.0. The number of nitrogens with zero attached hydrogens (tertiary/aromatic N) is 2. The van der Waals surface area contributed by atoms with Crippen LogP contribution >= 0.6 is 11.3 Å². The number of likely N-dealkylation sites (N-methyl/N-ethyl adjacent to an activating group) is 1. The van der Waals surface area contributed by atoms with Gasteiger partial charge < -0.3 is 5.32 Å². The van der Waals surface area contributed by atoms with Crippen LogP contribution in [0.5, 0.6) is 0 Å². The Morgan fingerprint density at radius 3 is 2.78 bits per heavy atom. The molecular weight excluding hydrogens is 306 g/mol. The van der Waals surface area contributed by atoms with Crippen LogP contribution in [0.4, 0.5) is 5.00 Å². The van der Waals surface area contributed by atoms with E-state index in [9.17, 15) is 10.1 Å². The molecule has 1 N–H and O–H groups in total. The summed E-state index contributed by atoms with van der Waals surface area (Å²) in [5, 5.41) is 13.1. The maximum atomic E-state index is 12.4. The topological polar surface area (TPSA) is 56.1 Å². The average molecular weight is 325 g/mol. The van der Waals surface area contributed by atoms with Crippen LogP contribution in [0.15, 0.2) is 24.3 Å². The Bertz CT molecular complexity index is 771. The van der Waals surface area contributed by atoms with E-state index in [-0.39, 0.29) is 5.91 Å². The highest BCUT2D eigenvalue weighted by molar-refractivity contribution is 7.16. The number of amides is 1. The number of nitrogens with one attached hydrogen (secondary N) is 1. The number of rotatable bonds is 3. The van der Waals surface area contributed by atoms with Crippen molar-refractivity contribution in [2.75, 3.05) is 18.4 Å². The van der Waals surface area contributed by atoms with Gasteiger partial charge in [-0.15, -0.1) is 11.3 Å². The van der Waals surface area contributed by atoms with E-state index in [4.69, 9.17) is 0 Å². The Kier molecular flexibility index (Phi) is 4.46. The lowest BCUT2D eigenvalue weighted by molar-refractivity contribution is 0.102. The van der Waals surface area contributed by atoms with E-state index >= 15 is 0 Å². The first-order chi connectivity index (χ1) is 11.1. The van der Waals surface area contributed by atoms with Crippen LogP contribution in [0.2, 0.25) is 0 Å². The van der Waals surface area contributed by atoms with Crippen LogP contribution in [0, 0.1) is 18.3 Å². The maximum Gasteiger partial charge on any atom is 0.256 e. The molecule has 0 unspecified atom stereocenters. The third-order valence-electron chi connectivity index (χ3n) is 4.24. The number of hydrogen-bond acceptors (Lipinski definition) is 4. The zero-order chi connectivity index (χ0) is 16.4. The molecule has 23 heavy (non-hydrogen) atoms. The number of nitriles is 1. The van der Waals surface area contributed by atoms with Crippen LogP contribution < -0.4 is 5.32 Å². The van der Waals surface area contributed by atoms with Gasteiger partial charge in [-0.2, -0.15) is 5.26 Å². The van der Waals surface area contributed by atoms with Gasteiger partial charge in [-0.1, -0.05) is 24.6 Å². The minimum atomic E-state index is -0.160. The summed E-state index contributed by atoms with van der Waals surface area (Å²) in [7, 11) is 0. The maximum absolute atomic E-state index is 12.4. The molecule has 0 atom stereocenters. The largest absolute Gasteiger partial charge is 0.312 e. The number of thiophene rings is 1. The molecule has 118 valence electrons. The summed E-state index contributed by atoms with van der Waals surface area (Å²) in [5.41, 5.74) is 3.48. The molecule has 0 saturated heterocycles. The smallest absolute Gasteiger partial charge is 0.256 e. The molecule has 1 aliphatic rings. The molecule has 1 aromatic carbocycles. The summed E-state index contributed by atoms with van der Waals surface area (Å²) < 4.78 is 0. The molecule has 5 heteroatoms. The van der Waals surface area contributed by atoms with Crippen LogP contribution in [-0.2, 0) is 13.0 Å². The fourth-order valence-corrected chi connectivity index (χ4v) is 4.05. The Balaban J connectivity index is 1.86. The third-order valence-corrected chi connectivity index (χ3v) is 5.37. The highest BCUT2D eigenvalue weighted by Crippen LogP contribution is 2.36. The zero-order valence-electron chi connectivity index (χ0n) is 13.3. The number of benzene rings is 1. The lowest BCUT2D eigenvalue weighted by Crippen LogP contribution is -2.29. The standard InChI is InChI=1S/C18H19N3OS/c1-3-21-9-8-14-15(10-19)18(23-16(14)11-21)20-17(22)13-6-4-12(2)5-7-13/h4-7H,3,8-9,11H2,1-2H3,(H,20,22). The lowest BCUT2D eigenvalue weighted by Gasteiger charge is -2.24. The van der Waals surface area contributed by atoms with Gasteiger partial charge in [0.05, 0.1) is 5.56 Å². The van der Waals surface area contributed by atoms with Gasteiger partial charge in [0.2, 0.25) is 0 Å². The molecule has 2 heterocycles. The molecule has 0 aliphatic carbocycles. The quantitative estimate of drug-likeness (QED) is 0.939. The van der Waals surface area contributed by atoms with Gasteiger partial charge in [0.1, 0.15) is 11.1 Å². The first-order valence-electron chi connectivity index (χ1n) is 7.77. The monoisotopic (exact) mass is 325 g/mol. The van der Waals surface area contributed by atoms with E-state index in [0.717, 1.165) is 37.2 Å². The molecule has 2 aromatic rings.